The maximum atomic E-state index is 7.10. The third-order valence-electron chi connectivity index (χ3n) is 12.0. The van der Waals surface area contributed by atoms with Crippen LogP contribution in [0.15, 0.2) is 83.3 Å². The summed E-state index contributed by atoms with van der Waals surface area (Å²) in [5.74, 6) is 1.85. The van der Waals surface area contributed by atoms with E-state index in [9.17, 15) is 0 Å². The van der Waals surface area contributed by atoms with E-state index >= 15 is 0 Å². The van der Waals surface area contributed by atoms with E-state index in [0.717, 1.165) is 63.9 Å². The van der Waals surface area contributed by atoms with Gasteiger partial charge in [0.1, 0.15) is 5.75 Å². The SMILES string of the molecule is CCCCCCCCOc1ccc(-c2nnc(-c3ccc(-c4cc(Cl)cc5c4-c4ccc(Cl)cc4C5(CCCCCCCC)CCCCCCCC)cc3)o2)cc1. The van der Waals surface area contributed by atoms with Crippen LogP contribution >= 0.6 is 23.2 Å². The fraction of sp³-hybridized carbons (Fsp3) is 0.490. The number of benzene rings is 4. The van der Waals surface area contributed by atoms with Crippen molar-refractivity contribution < 1.29 is 9.15 Å². The Morgan fingerprint density at radius 1 is 0.491 bits per heavy atom. The Kier molecular flexibility index (Phi) is 16.6. The Balaban J connectivity index is 1.22. The maximum Gasteiger partial charge on any atom is 0.248 e. The minimum Gasteiger partial charge on any atom is -0.494 e. The topological polar surface area (TPSA) is 48.2 Å². The second-order valence-electron chi connectivity index (χ2n) is 16.3. The Bertz CT molecular complexity index is 1950. The summed E-state index contributed by atoms with van der Waals surface area (Å²) in [7, 11) is 0. The molecule has 1 aromatic heterocycles. The third-order valence-corrected chi connectivity index (χ3v) is 12.5. The molecule has 0 atom stereocenters. The number of ether oxygens (including phenoxy) is 1. The van der Waals surface area contributed by atoms with Crippen LogP contribution in [0.5, 0.6) is 5.75 Å². The van der Waals surface area contributed by atoms with Crippen molar-refractivity contribution in [2.24, 2.45) is 0 Å². The minimum absolute atomic E-state index is 0.108. The lowest BCUT2D eigenvalue weighted by Crippen LogP contribution is -2.25. The predicted molar refractivity (Wildman–Crippen MR) is 242 cm³/mol. The number of aromatic nitrogens is 2. The second kappa shape index (κ2) is 22.0. The van der Waals surface area contributed by atoms with Crippen molar-refractivity contribution in [3.8, 4) is 50.9 Å². The molecular formula is C51H64Cl2N2O2. The first-order chi connectivity index (χ1) is 28.0. The highest BCUT2D eigenvalue weighted by atomic mass is 35.5. The molecular weight excluding hydrogens is 743 g/mol. The molecule has 1 aliphatic rings. The normalized spacial score (nSPS) is 12.9. The molecule has 0 saturated carbocycles. The van der Waals surface area contributed by atoms with Crippen molar-refractivity contribution in [3.63, 3.8) is 0 Å². The summed E-state index contributed by atoms with van der Waals surface area (Å²) in [6.07, 6.45) is 25.0. The van der Waals surface area contributed by atoms with Gasteiger partial charge in [0.05, 0.1) is 6.61 Å². The first kappa shape index (κ1) is 43.0. The van der Waals surface area contributed by atoms with Crippen molar-refractivity contribution in [1.29, 1.82) is 0 Å². The summed E-state index contributed by atoms with van der Waals surface area (Å²) >= 11 is 13.9. The number of rotatable bonds is 25. The average molecular weight is 808 g/mol. The molecule has 4 aromatic carbocycles. The smallest absolute Gasteiger partial charge is 0.248 e. The summed E-state index contributed by atoms with van der Waals surface area (Å²) in [5.41, 5.74) is 9.26. The molecule has 0 unspecified atom stereocenters. The molecule has 0 N–H and O–H groups in total. The number of halogens is 2. The van der Waals surface area contributed by atoms with Crippen LogP contribution in [0.2, 0.25) is 10.0 Å². The Morgan fingerprint density at radius 3 is 1.56 bits per heavy atom. The summed E-state index contributed by atoms with van der Waals surface area (Å²) in [6.45, 7) is 7.56. The zero-order valence-corrected chi connectivity index (χ0v) is 36.3. The lowest BCUT2D eigenvalue weighted by atomic mass is 9.70. The standard InChI is InChI=1S/C51H64Cl2N2O2/c1-4-7-10-13-16-19-32-51(33-20-17-14-11-8-5-2)46-36-41(52)28-31-44(46)48-45(35-42(53)37-47(48)51)38-22-24-39(25-23-38)49-54-55-50(57-49)40-26-29-43(30-27-40)56-34-21-18-15-12-9-6-3/h22-31,35-37H,4-21,32-34H2,1-3H3. The third kappa shape index (κ3) is 11.1. The van der Waals surface area contributed by atoms with Gasteiger partial charge in [-0.1, -0.05) is 171 Å². The van der Waals surface area contributed by atoms with Crippen molar-refractivity contribution in [3.05, 3.63) is 100 Å². The van der Waals surface area contributed by atoms with Gasteiger partial charge in [0, 0.05) is 26.6 Å². The van der Waals surface area contributed by atoms with Crippen LogP contribution in [0.1, 0.15) is 160 Å². The quantitative estimate of drug-likeness (QED) is 0.0551. The molecule has 1 heterocycles. The minimum atomic E-state index is -0.108. The Morgan fingerprint density at radius 2 is 0.982 bits per heavy atom. The van der Waals surface area contributed by atoms with E-state index in [4.69, 9.17) is 32.4 Å². The van der Waals surface area contributed by atoms with E-state index in [2.05, 4.69) is 85.6 Å². The van der Waals surface area contributed by atoms with Crippen molar-refractivity contribution in [2.75, 3.05) is 6.61 Å². The number of nitrogens with zero attached hydrogens (tertiary/aromatic N) is 2. The molecule has 0 saturated heterocycles. The van der Waals surface area contributed by atoms with Gasteiger partial charge < -0.3 is 9.15 Å². The maximum absolute atomic E-state index is 7.10. The van der Waals surface area contributed by atoms with E-state index in [1.165, 1.54) is 131 Å². The second-order valence-corrected chi connectivity index (χ2v) is 17.2. The number of unbranched alkanes of at least 4 members (excludes halogenated alkanes) is 15. The molecule has 6 rings (SSSR count). The predicted octanol–water partition coefficient (Wildman–Crippen LogP) is 16.9. The molecule has 304 valence electrons. The molecule has 0 amide bonds. The molecule has 0 aliphatic heterocycles. The lowest BCUT2D eigenvalue weighted by Gasteiger charge is -2.33. The highest BCUT2D eigenvalue weighted by Gasteiger charge is 2.43. The lowest BCUT2D eigenvalue weighted by molar-refractivity contribution is 0.304. The van der Waals surface area contributed by atoms with Crippen molar-refractivity contribution in [2.45, 2.75) is 155 Å². The van der Waals surface area contributed by atoms with Crippen LogP contribution in [0.3, 0.4) is 0 Å². The van der Waals surface area contributed by atoms with Gasteiger partial charge in [-0.2, -0.15) is 0 Å². The van der Waals surface area contributed by atoms with Crippen LogP contribution in [-0.2, 0) is 5.41 Å². The first-order valence-electron chi connectivity index (χ1n) is 22.3. The van der Waals surface area contributed by atoms with Gasteiger partial charge in [-0.3, -0.25) is 0 Å². The van der Waals surface area contributed by atoms with E-state index in [-0.39, 0.29) is 5.41 Å². The highest BCUT2D eigenvalue weighted by molar-refractivity contribution is 6.31. The Labute approximate surface area is 353 Å². The summed E-state index contributed by atoms with van der Waals surface area (Å²) < 4.78 is 12.2. The molecule has 1 aliphatic carbocycles. The van der Waals surface area contributed by atoms with Crippen LogP contribution in [0.4, 0.5) is 0 Å². The Hall–Kier alpha value is -3.60. The molecule has 6 heteroatoms. The molecule has 4 nitrogen and oxygen atoms in total. The van der Waals surface area contributed by atoms with E-state index in [0.29, 0.717) is 11.8 Å². The molecule has 0 spiro atoms. The first-order valence-corrected chi connectivity index (χ1v) is 23.0. The van der Waals surface area contributed by atoms with Gasteiger partial charge in [-0.05, 0) is 113 Å². The summed E-state index contributed by atoms with van der Waals surface area (Å²) in [6, 6.07) is 27.4. The zero-order chi connectivity index (χ0) is 39.9. The van der Waals surface area contributed by atoms with Gasteiger partial charge in [0.2, 0.25) is 11.8 Å². The fourth-order valence-electron chi connectivity index (χ4n) is 8.87. The highest BCUT2D eigenvalue weighted by Crippen LogP contribution is 2.58. The van der Waals surface area contributed by atoms with E-state index in [1.54, 1.807) is 0 Å². The monoisotopic (exact) mass is 806 g/mol. The molecule has 0 radical (unpaired) electrons. The van der Waals surface area contributed by atoms with Crippen LogP contribution in [0, 0.1) is 0 Å². The summed E-state index contributed by atoms with van der Waals surface area (Å²) in [5, 5.41) is 10.4. The zero-order valence-electron chi connectivity index (χ0n) is 34.8. The van der Waals surface area contributed by atoms with Crippen molar-refractivity contribution >= 4 is 23.2 Å². The van der Waals surface area contributed by atoms with Crippen LogP contribution in [0.25, 0.3) is 45.2 Å². The van der Waals surface area contributed by atoms with Crippen LogP contribution < -0.4 is 4.74 Å². The molecule has 5 aromatic rings. The number of hydrogen-bond donors (Lipinski definition) is 0. The largest absolute Gasteiger partial charge is 0.494 e. The average Bonchev–Trinajstić information content (AvgIpc) is 3.82. The van der Waals surface area contributed by atoms with Gasteiger partial charge in [0.25, 0.3) is 0 Å². The summed E-state index contributed by atoms with van der Waals surface area (Å²) in [4.78, 5) is 0. The van der Waals surface area contributed by atoms with Crippen molar-refractivity contribution in [1.82, 2.24) is 10.2 Å². The molecule has 0 fully saturated rings. The fourth-order valence-corrected chi connectivity index (χ4v) is 9.26. The number of fused-ring (bicyclic) bond motifs is 3. The van der Waals surface area contributed by atoms with Gasteiger partial charge in [0.15, 0.2) is 0 Å². The molecule has 0 bridgehead atoms. The van der Waals surface area contributed by atoms with Gasteiger partial charge in [-0.15, -0.1) is 10.2 Å². The van der Waals surface area contributed by atoms with E-state index in [1.807, 2.05) is 24.3 Å². The van der Waals surface area contributed by atoms with Crippen LogP contribution in [-0.4, -0.2) is 16.8 Å². The number of hydrogen-bond acceptors (Lipinski definition) is 4. The van der Waals surface area contributed by atoms with Gasteiger partial charge >= 0.3 is 0 Å². The van der Waals surface area contributed by atoms with E-state index < -0.39 is 0 Å². The molecule has 57 heavy (non-hydrogen) atoms. The van der Waals surface area contributed by atoms with Gasteiger partial charge in [-0.25, -0.2) is 0 Å².